The molecule has 2 saturated carbocycles. The lowest BCUT2D eigenvalue weighted by molar-refractivity contribution is -0.203. The van der Waals surface area contributed by atoms with Gasteiger partial charge in [-0.2, -0.15) is 0 Å². The van der Waals surface area contributed by atoms with Gasteiger partial charge in [0.1, 0.15) is 6.61 Å². The monoisotopic (exact) mass is 416 g/mol. The summed E-state index contributed by atoms with van der Waals surface area (Å²) in [6.45, 7) is 9.25. The molecule has 1 aromatic rings. The Labute approximate surface area is 177 Å². The summed E-state index contributed by atoms with van der Waals surface area (Å²) in [5, 5.41) is 0. The van der Waals surface area contributed by atoms with Crippen LogP contribution in [0.3, 0.4) is 0 Å². The average Bonchev–Trinajstić information content (AvgIpc) is 3.13. The summed E-state index contributed by atoms with van der Waals surface area (Å²) < 4.78 is 16.6. The van der Waals surface area contributed by atoms with E-state index in [0.29, 0.717) is 12.3 Å². The van der Waals surface area contributed by atoms with Crippen LogP contribution < -0.4 is 0 Å². The first-order valence-electron chi connectivity index (χ1n) is 10.9. The van der Waals surface area contributed by atoms with E-state index >= 15 is 0 Å². The smallest absolute Gasteiger partial charge is 0.303 e. The van der Waals surface area contributed by atoms with Crippen LogP contribution in [0.2, 0.25) is 0 Å². The van der Waals surface area contributed by atoms with Crippen LogP contribution in [0.5, 0.6) is 0 Å². The molecule has 0 radical (unpaired) electrons. The van der Waals surface area contributed by atoms with Crippen LogP contribution in [0.25, 0.3) is 0 Å². The minimum Gasteiger partial charge on any atom is -0.472 e. The molecule has 0 saturated heterocycles. The molecular formula is C24H32O6. The molecule has 6 atom stereocenters. The van der Waals surface area contributed by atoms with Gasteiger partial charge in [-0.25, -0.2) is 0 Å². The number of hydrogen-bond donors (Lipinski definition) is 0. The molecule has 0 spiro atoms. The van der Waals surface area contributed by atoms with E-state index in [1.807, 2.05) is 19.5 Å². The zero-order valence-corrected chi connectivity index (χ0v) is 18.6. The van der Waals surface area contributed by atoms with Gasteiger partial charge in [0.25, 0.3) is 0 Å². The molecule has 4 rings (SSSR count). The van der Waals surface area contributed by atoms with Gasteiger partial charge in [0.05, 0.1) is 12.5 Å². The first-order chi connectivity index (χ1) is 14.0. The van der Waals surface area contributed by atoms with E-state index in [1.165, 1.54) is 25.0 Å². The van der Waals surface area contributed by atoms with Gasteiger partial charge in [0.2, 0.25) is 0 Å². The molecule has 0 amide bonds. The summed E-state index contributed by atoms with van der Waals surface area (Å²) in [6, 6.07) is 0. The molecule has 3 aliphatic rings. The molecule has 0 bridgehead atoms. The normalized spacial score (nSPS) is 40.0. The van der Waals surface area contributed by atoms with Crippen LogP contribution >= 0.6 is 0 Å². The zero-order valence-electron chi connectivity index (χ0n) is 18.6. The molecule has 1 aromatic heterocycles. The summed E-state index contributed by atoms with van der Waals surface area (Å²) in [5.74, 6) is -0.544. The van der Waals surface area contributed by atoms with E-state index in [4.69, 9.17) is 13.9 Å². The molecule has 30 heavy (non-hydrogen) atoms. The highest BCUT2D eigenvalue weighted by Gasteiger charge is 2.66. The van der Waals surface area contributed by atoms with Gasteiger partial charge in [-0.05, 0) is 59.5 Å². The molecule has 1 heterocycles. The molecule has 3 aliphatic carbocycles. The molecule has 6 nitrogen and oxygen atoms in total. The molecular weight excluding hydrogens is 384 g/mol. The summed E-state index contributed by atoms with van der Waals surface area (Å²) in [4.78, 5) is 36.8. The Morgan fingerprint density at radius 1 is 1.10 bits per heavy atom. The van der Waals surface area contributed by atoms with Crippen LogP contribution in [-0.4, -0.2) is 30.4 Å². The maximum Gasteiger partial charge on any atom is 0.303 e. The number of carbonyl (C=O) groups is 3. The molecule has 0 aliphatic heterocycles. The molecule has 0 N–H and O–H groups in total. The predicted octanol–water partition coefficient (Wildman–Crippen LogP) is 3.99. The van der Waals surface area contributed by atoms with Crippen LogP contribution in [0, 0.1) is 22.7 Å². The van der Waals surface area contributed by atoms with E-state index in [0.717, 1.165) is 25.7 Å². The Morgan fingerprint density at radius 2 is 1.83 bits per heavy atom. The highest BCUT2D eigenvalue weighted by atomic mass is 16.6. The Balaban J connectivity index is 1.77. The number of aryl methyl sites for hydroxylation is 1. The molecule has 2 fully saturated rings. The summed E-state index contributed by atoms with van der Waals surface area (Å²) in [5.41, 5.74) is 1.47. The number of carbonyl (C=O) groups excluding carboxylic acids is 3. The number of fused-ring (bicyclic) bond motifs is 5. The van der Waals surface area contributed by atoms with Crippen molar-refractivity contribution in [3.05, 3.63) is 23.7 Å². The largest absolute Gasteiger partial charge is 0.472 e. The van der Waals surface area contributed by atoms with Crippen molar-refractivity contribution in [2.45, 2.75) is 78.2 Å². The Bertz CT molecular complexity index is 886. The second kappa shape index (κ2) is 6.96. The van der Waals surface area contributed by atoms with Crippen molar-refractivity contribution in [2.24, 2.45) is 22.7 Å². The van der Waals surface area contributed by atoms with Crippen LogP contribution in [0.15, 0.2) is 16.9 Å². The first kappa shape index (κ1) is 21.1. The number of hydrogen-bond acceptors (Lipinski definition) is 6. The van der Waals surface area contributed by atoms with Crippen LogP contribution in [0.1, 0.15) is 71.4 Å². The van der Waals surface area contributed by atoms with Crippen molar-refractivity contribution in [3.8, 4) is 0 Å². The molecule has 6 heteroatoms. The van der Waals surface area contributed by atoms with Crippen molar-refractivity contribution >= 4 is 17.7 Å². The fourth-order valence-corrected chi connectivity index (χ4v) is 7.36. The minimum atomic E-state index is -0.884. The summed E-state index contributed by atoms with van der Waals surface area (Å²) in [7, 11) is 0. The van der Waals surface area contributed by atoms with E-state index in [1.54, 1.807) is 0 Å². The minimum absolute atomic E-state index is 0.0529. The Hall–Kier alpha value is -2.11. The topological polar surface area (TPSA) is 82.8 Å². The number of ketones is 1. The molecule has 0 aromatic carbocycles. The SMILES string of the molecule is CC(=O)OC[C@]1(C)C2CC[C@@]3(C)c4cocc4CCC3[C@@]2(C)CC(=O)[C@H]1OC(C)=O. The van der Waals surface area contributed by atoms with Crippen molar-refractivity contribution in [1.82, 2.24) is 0 Å². The van der Waals surface area contributed by atoms with E-state index in [9.17, 15) is 14.4 Å². The van der Waals surface area contributed by atoms with E-state index in [-0.39, 0.29) is 35.1 Å². The fraction of sp³-hybridized carbons (Fsp3) is 0.708. The first-order valence-corrected chi connectivity index (χ1v) is 10.9. The lowest BCUT2D eigenvalue weighted by atomic mass is 9.40. The summed E-state index contributed by atoms with van der Waals surface area (Å²) in [6.07, 6.45) is 7.00. The van der Waals surface area contributed by atoms with Gasteiger partial charge >= 0.3 is 11.9 Å². The van der Waals surface area contributed by atoms with Crippen molar-refractivity contribution < 1.29 is 28.3 Å². The van der Waals surface area contributed by atoms with Crippen LogP contribution in [-0.2, 0) is 35.7 Å². The van der Waals surface area contributed by atoms with Crippen molar-refractivity contribution in [2.75, 3.05) is 6.61 Å². The third-order valence-electron chi connectivity index (χ3n) is 8.49. The summed E-state index contributed by atoms with van der Waals surface area (Å²) >= 11 is 0. The fourth-order valence-electron chi connectivity index (χ4n) is 7.36. The predicted molar refractivity (Wildman–Crippen MR) is 109 cm³/mol. The molecule has 164 valence electrons. The molecule has 2 unspecified atom stereocenters. The number of furan rings is 1. The van der Waals surface area contributed by atoms with Gasteiger partial charge in [-0.3, -0.25) is 14.4 Å². The maximum atomic E-state index is 13.4. The van der Waals surface area contributed by atoms with Crippen molar-refractivity contribution in [1.29, 1.82) is 0 Å². The lowest BCUT2D eigenvalue weighted by Crippen LogP contribution is -2.65. The highest BCUT2D eigenvalue weighted by molar-refractivity contribution is 5.88. The van der Waals surface area contributed by atoms with Gasteiger partial charge in [0, 0.05) is 25.7 Å². The quantitative estimate of drug-likeness (QED) is 0.693. The number of rotatable bonds is 3. The second-order valence-corrected chi connectivity index (χ2v) is 10.3. The maximum absolute atomic E-state index is 13.4. The lowest BCUT2D eigenvalue weighted by Gasteiger charge is -2.64. The zero-order chi connectivity index (χ0) is 21.9. The Kier molecular flexibility index (Phi) is 4.90. The van der Waals surface area contributed by atoms with Gasteiger partial charge in [-0.15, -0.1) is 0 Å². The number of esters is 2. The Morgan fingerprint density at radius 3 is 2.50 bits per heavy atom. The van der Waals surface area contributed by atoms with Gasteiger partial charge in [0.15, 0.2) is 11.9 Å². The van der Waals surface area contributed by atoms with Gasteiger partial charge in [-0.1, -0.05) is 20.8 Å². The number of Topliss-reactive ketones (excluding diaryl/α,β-unsaturated/α-hetero) is 1. The third kappa shape index (κ3) is 2.94. The average molecular weight is 417 g/mol. The highest BCUT2D eigenvalue weighted by Crippen LogP contribution is 2.66. The van der Waals surface area contributed by atoms with E-state index in [2.05, 4.69) is 13.8 Å². The standard InChI is InChI=1S/C24H32O6/c1-14(25)29-13-24(5)20-8-9-22(3)17-12-28-11-16(17)6-7-19(22)23(20,4)10-18(27)21(24)30-15(2)26/h11-12,19-21H,6-10,13H2,1-5H3/t19?,20?,21-,22+,23-,24-/m1/s1. The van der Waals surface area contributed by atoms with Gasteiger partial charge < -0.3 is 13.9 Å². The second-order valence-electron chi connectivity index (χ2n) is 10.3. The van der Waals surface area contributed by atoms with Crippen molar-refractivity contribution in [3.63, 3.8) is 0 Å². The van der Waals surface area contributed by atoms with Crippen LogP contribution in [0.4, 0.5) is 0 Å². The van der Waals surface area contributed by atoms with E-state index < -0.39 is 17.5 Å². The number of ether oxygens (including phenoxy) is 2. The third-order valence-corrected chi connectivity index (χ3v) is 8.49.